The van der Waals surface area contributed by atoms with Crippen molar-refractivity contribution in [2.75, 3.05) is 0 Å². The number of hydrogen-bond acceptors (Lipinski definition) is 3. The minimum Gasteiger partial charge on any atom is -0.496 e. The third-order valence-electron chi connectivity index (χ3n) is 2.33. The summed E-state index contributed by atoms with van der Waals surface area (Å²) in [5, 5.41) is 0. The molecule has 100 valence electrons. The van der Waals surface area contributed by atoms with Gasteiger partial charge in [-0.05, 0) is 52.3 Å². The summed E-state index contributed by atoms with van der Waals surface area (Å²) in [5.74, 6) is 0. The molecular formula is C12H26O3Si2. The lowest BCUT2D eigenvalue weighted by atomic mass is 10.1. The summed E-state index contributed by atoms with van der Waals surface area (Å²) in [5.41, 5.74) is 0. The molecule has 0 aromatic heterocycles. The van der Waals surface area contributed by atoms with E-state index in [1.165, 1.54) is 0 Å². The van der Waals surface area contributed by atoms with Gasteiger partial charge >= 0.3 is 0 Å². The van der Waals surface area contributed by atoms with Gasteiger partial charge in [-0.1, -0.05) is 0 Å². The molecule has 0 N–H and O–H groups in total. The lowest BCUT2D eigenvalue weighted by molar-refractivity contribution is -0.0379. The SMILES string of the molecule is C[C@@H]1OC=C[C@H](O[Si](C)(C)C)[C@H]1O[Si](C)(C)C. The van der Waals surface area contributed by atoms with Crippen LogP contribution in [0.4, 0.5) is 0 Å². The van der Waals surface area contributed by atoms with Gasteiger partial charge in [0, 0.05) is 0 Å². The van der Waals surface area contributed by atoms with Gasteiger partial charge in [-0.3, -0.25) is 0 Å². The van der Waals surface area contributed by atoms with Crippen LogP contribution in [0.15, 0.2) is 12.3 Å². The first kappa shape index (κ1) is 15.0. The van der Waals surface area contributed by atoms with Gasteiger partial charge in [0.05, 0.1) is 12.4 Å². The molecule has 0 fully saturated rings. The Morgan fingerprint density at radius 3 is 1.94 bits per heavy atom. The molecule has 3 nitrogen and oxygen atoms in total. The first-order valence-electron chi connectivity index (χ1n) is 6.26. The van der Waals surface area contributed by atoms with Crippen molar-refractivity contribution in [2.24, 2.45) is 0 Å². The highest BCUT2D eigenvalue weighted by atomic mass is 28.4. The third kappa shape index (κ3) is 5.37. The van der Waals surface area contributed by atoms with Crippen LogP contribution in [0.5, 0.6) is 0 Å². The van der Waals surface area contributed by atoms with E-state index >= 15 is 0 Å². The molecule has 0 aliphatic carbocycles. The summed E-state index contributed by atoms with van der Waals surface area (Å²) >= 11 is 0. The quantitative estimate of drug-likeness (QED) is 0.736. The molecule has 1 rings (SSSR count). The van der Waals surface area contributed by atoms with Crippen LogP contribution in [0.1, 0.15) is 6.92 Å². The molecule has 0 unspecified atom stereocenters. The summed E-state index contributed by atoms with van der Waals surface area (Å²) in [4.78, 5) is 0. The van der Waals surface area contributed by atoms with Crippen LogP contribution in [0, 0.1) is 0 Å². The topological polar surface area (TPSA) is 27.7 Å². The van der Waals surface area contributed by atoms with Crippen molar-refractivity contribution in [3.63, 3.8) is 0 Å². The molecule has 0 spiro atoms. The largest absolute Gasteiger partial charge is 0.496 e. The van der Waals surface area contributed by atoms with Crippen LogP contribution in [-0.4, -0.2) is 34.9 Å². The fraction of sp³-hybridized carbons (Fsp3) is 0.833. The molecule has 1 heterocycles. The normalized spacial score (nSPS) is 30.2. The molecule has 0 amide bonds. The fourth-order valence-electron chi connectivity index (χ4n) is 1.79. The highest BCUT2D eigenvalue weighted by Crippen LogP contribution is 2.24. The van der Waals surface area contributed by atoms with Crippen molar-refractivity contribution in [1.29, 1.82) is 0 Å². The highest BCUT2D eigenvalue weighted by molar-refractivity contribution is 6.70. The number of ether oxygens (including phenoxy) is 1. The molecule has 3 atom stereocenters. The predicted molar refractivity (Wildman–Crippen MR) is 76.1 cm³/mol. The van der Waals surface area contributed by atoms with Crippen LogP contribution < -0.4 is 0 Å². The Kier molecular flexibility index (Phi) is 4.63. The van der Waals surface area contributed by atoms with E-state index in [1.807, 2.05) is 6.08 Å². The predicted octanol–water partition coefficient (Wildman–Crippen LogP) is 3.36. The van der Waals surface area contributed by atoms with Crippen molar-refractivity contribution in [2.45, 2.75) is 64.5 Å². The molecule has 0 saturated heterocycles. The summed E-state index contributed by atoms with van der Waals surface area (Å²) in [6.07, 6.45) is 3.87. The second-order valence-electron chi connectivity index (χ2n) is 6.56. The second-order valence-corrected chi connectivity index (χ2v) is 15.5. The number of rotatable bonds is 4. The summed E-state index contributed by atoms with van der Waals surface area (Å²) in [6.45, 7) is 15.2. The van der Waals surface area contributed by atoms with E-state index in [0.717, 1.165) is 0 Å². The van der Waals surface area contributed by atoms with E-state index < -0.39 is 16.6 Å². The Balaban J connectivity index is 2.77. The van der Waals surface area contributed by atoms with Gasteiger partial charge in [0.25, 0.3) is 0 Å². The minimum absolute atomic E-state index is 0.0263. The maximum atomic E-state index is 6.21. The molecule has 1 aliphatic heterocycles. The van der Waals surface area contributed by atoms with Crippen LogP contribution in [-0.2, 0) is 13.6 Å². The van der Waals surface area contributed by atoms with Crippen LogP contribution in [0.2, 0.25) is 39.3 Å². The van der Waals surface area contributed by atoms with E-state index in [1.54, 1.807) is 6.26 Å². The van der Waals surface area contributed by atoms with E-state index in [-0.39, 0.29) is 18.3 Å². The smallest absolute Gasteiger partial charge is 0.184 e. The molecule has 0 saturated carbocycles. The Morgan fingerprint density at radius 1 is 0.941 bits per heavy atom. The van der Waals surface area contributed by atoms with E-state index in [4.69, 9.17) is 13.6 Å². The van der Waals surface area contributed by atoms with Gasteiger partial charge in [-0.25, -0.2) is 0 Å². The Morgan fingerprint density at radius 2 is 1.47 bits per heavy atom. The van der Waals surface area contributed by atoms with Crippen LogP contribution >= 0.6 is 0 Å². The van der Waals surface area contributed by atoms with Gasteiger partial charge < -0.3 is 13.6 Å². The molecule has 1 aliphatic rings. The summed E-state index contributed by atoms with van der Waals surface area (Å²) in [7, 11) is -3.14. The van der Waals surface area contributed by atoms with E-state index in [0.29, 0.717) is 0 Å². The minimum atomic E-state index is -1.58. The number of hydrogen-bond donors (Lipinski definition) is 0. The zero-order valence-electron chi connectivity index (χ0n) is 12.1. The zero-order valence-corrected chi connectivity index (χ0v) is 14.1. The summed E-state index contributed by atoms with van der Waals surface area (Å²) in [6, 6.07) is 0. The van der Waals surface area contributed by atoms with E-state index in [9.17, 15) is 0 Å². The monoisotopic (exact) mass is 274 g/mol. The molecule has 0 radical (unpaired) electrons. The zero-order chi connectivity index (χ0) is 13.3. The first-order chi connectivity index (χ1) is 7.58. The van der Waals surface area contributed by atoms with E-state index in [2.05, 4.69) is 46.2 Å². The molecule has 5 heteroatoms. The van der Waals surface area contributed by atoms with Crippen molar-refractivity contribution in [1.82, 2.24) is 0 Å². The lowest BCUT2D eigenvalue weighted by Gasteiger charge is -2.39. The standard InChI is InChI=1S/C12H26O3Si2/c1-10-12(15-17(5,6)7)11(8-9-13-10)14-16(2,3)4/h8-12H,1-7H3/t10-,11-,12-/m0/s1. The lowest BCUT2D eigenvalue weighted by Crippen LogP contribution is -2.50. The summed E-state index contributed by atoms with van der Waals surface area (Å²) < 4.78 is 17.9. The maximum absolute atomic E-state index is 6.21. The molecule has 0 aromatic carbocycles. The van der Waals surface area contributed by atoms with Crippen molar-refractivity contribution >= 4 is 16.6 Å². The third-order valence-corrected chi connectivity index (χ3v) is 4.29. The van der Waals surface area contributed by atoms with Gasteiger partial charge in [0.15, 0.2) is 16.6 Å². The van der Waals surface area contributed by atoms with Gasteiger partial charge in [0.1, 0.15) is 12.2 Å². The van der Waals surface area contributed by atoms with Crippen molar-refractivity contribution < 1.29 is 13.6 Å². The van der Waals surface area contributed by atoms with Crippen molar-refractivity contribution in [3.8, 4) is 0 Å². The first-order valence-corrected chi connectivity index (χ1v) is 13.1. The van der Waals surface area contributed by atoms with Crippen LogP contribution in [0.25, 0.3) is 0 Å². The van der Waals surface area contributed by atoms with Gasteiger partial charge in [0.2, 0.25) is 0 Å². The van der Waals surface area contributed by atoms with Crippen LogP contribution in [0.3, 0.4) is 0 Å². The van der Waals surface area contributed by atoms with Gasteiger partial charge in [-0.2, -0.15) is 0 Å². The van der Waals surface area contributed by atoms with Crippen molar-refractivity contribution in [3.05, 3.63) is 12.3 Å². The molecule has 17 heavy (non-hydrogen) atoms. The molecular weight excluding hydrogens is 248 g/mol. The second kappa shape index (κ2) is 5.26. The van der Waals surface area contributed by atoms with Gasteiger partial charge in [-0.15, -0.1) is 0 Å². The maximum Gasteiger partial charge on any atom is 0.184 e. The average Bonchev–Trinajstić information content (AvgIpc) is 2.07. The molecule has 0 bridgehead atoms. The molecule has 0 aromatic rings. The Hall–Kier alpha value is -0.106. The fourth-order valence-corrected chi connectivity index (χ4v) is 3.96. The Labute approximate surface area is 107 Å². The average molecular weight is 275 g/mol. The Bertz CT molecular complexity index is 278. The highest BCUT2D eigenvalue weighted by Gasteiger charge is 2.36.